The van der Waals surface area contributed by atoms with Crippen molar-refractivity contribution in [2.24, 2.45) is 0 Å². The van der Waals surface area contributed by atoms with Gasteiger partial charge in [-0.3, -0.25) is 4.98 Å². The molecule has 8 heteroatoms. The van der Waals surface area contributed by atoms with Crippen LogP contribution < -0.4 is 11.1 Å². The maximum atomic E-state index is 5.54. The van der Waals surface area contributed by atoms with Crippen LogP contribution in [-0.4, -0.2) is 31.2 Å². The Labute approximate surface area is 155 Å². The Morgan fingerprint density at radius 3 is 2.85 bits per heavy atom. The van der Waals surface area contributed by atoms with Gasteiger partial charge >= 0.3 is 6.01 Å². The van der Waals surface area contributed by atoms with Crippen LogP contribution in [0.15, 0.2) is 41.2 Å². The van der Waals surface area contributed by atoms with Gasteiger partial charge in [-0.25, -0.2) is 4.98 Å². The maximum absolute atomic E-state index is 5.54. The molecule has 27 heavy (non-hydrogen) atoms. The number of nitrogens with zero attached hydrogens (tertiary/aromatic N) is 4. The first-order valence-corrected chi connectivity index (χ1v) is 9.06. The highest BCUT2D eigenvalue weighted by Gasteiger charge is 2.16. The number of nitrogens with two attached hydrogens (primary N) is 1. The lowest BCUT2D eigenvalue weighted by Gasteiger charge is -2.12. The molecule has 1 fully saturated rings. The van der Waals surface area contributed by atoms with E-state index in [1.165, 1.54) is 25.7 Å². The fourth-order valence-corrected chi connectivity index (χ4v) is 3.66. The van der Waals surface area contributed by atoms with Crippen molar-refractivity contribution in [1.29, 1.82) is 0 Å². The minimum atomic E-state index is 0.0518. The third kappa shape index (κ3) is 2.99. The van der Waals surface area contributed by atoms with Crippen molar-refractivity contribution in [2.75, 3.05) is 11.1 Å². The molecule has 1 aromatic carbocycles. The summed E-state index contributed by atoms with van der Waals surface area (Å²) >= 11 is 0. The van der Waals surface area contributed by atoms with Gasteiger partial charge in [0, 0.05) is 34.3 Å². The summed E-state index contributed by atoms with van der Waals surface area (Å²) in [5.41, 5.74) is 9.13. The van der Waals surface area contributed by atoms with Crippen LogP contribution in [0.1, 0.15) is 25.7 Å². The van der Waals surface area contributed by atoms with E-state index in [0.29, 0.717) is 11.9 Å². The van der Waals surface area contributed by atoms with E-state index in [1.807, 2.05) is 24.4 Å². The standard InChI is InChI=1S/C19H19N7O/c20-19-26-25-18(27-19)11-5-6-15-13(7-11)14(8-22-15)16-9-21-10-17(24-16)23-12-3-1-2-4-12/h5-10,12,22H,1-4H2,(H2,20,26)(H,23,24). The van der Waals surface area contributed by atoms with Crippen LogP contribution >= 0.6 is 0 Å². The summed E-state index contributed by atoms with van der Waals surface area (Å²) in [7, 11) is 0. The largest absolute Gasteiger partial charge is 0.404 e. The van der Waals surface area contributed by atoms with Crippen molar-refractivity contribution in [3.63, 3.8) is 0 Å². The molecule has 8 nitrogen and oxygen atoms in total. The zero-order chi connectivity index (χ0) is 18.2. The van der Waals surface area contributed by atoms with Crippen molar-refractivity contribution in [3.8, 4) is 22.7 Å². The third-order valence-electron chi connectivity index (χ3n) is 4.99. The number of fused-ring (bicyclic) bond motifs is 1. The Bertz CT molecular complexity index is 1090. The molecule has 4 N–H and O–H groups in total. The second-order valence-electron chi connectivity index (χ2n) is 6.82. The predicted molar refractivity (Wildman–Crippen MR) is 103 cm³/mol. The summed E-state index contributed by atoms with van der Waals surface area (Å²) in [5.74, 6) is 1.21. The molecular weight excluding hydrogens is 342 g/mol. The Kier molecular flexibility index (Phi) is 3.74. The predicted octanol–water partition coefficient (Wildman–Crippen LogP) is 3.61. The van der Waals surface area contributed by atoms with Gasteiger partial charge in [-0.2, -0.15) is 0 Å². The first-order valence-electron chi connectivity index (χ1n) is 9.06. The zero-order valence-corrected chi connectivity index (χ0v) is 14.6. The summed E-state index contributed by atoms with van der Waals surface area (Å²) in [4.78, 5) is 12.4. The number of hydrogen-bond acceptors (Lipinski definition) is 7. The minimum Gasteiger partial charge on any atom is -0.404 e. The van der Waals surface area contributed by atoms with Gasteiger partial charge in [-0.1, -0.05) is 17.9 Å². The van der Waals surface area contributed by atoms with E-state index in [2.05, 4.69) is 25.5 Å². The number of H-pyrrole nitrogens is 1. The fraction of sp³-hybridized carbons (Fsp3) is 0.263. The van der Waals surface area contributed by atoms with Gasteiger partial charge in [0.25, 0.3) is 0 Å². The van der Waals surface area contributed by atoms with Gasteiger partial charge in [-0.15, -0.1) is 5.10 Å². The molecule has 136 valence electrons. The summed E-state index contributed by atoms with van der Waals surface area (Å²) < 4.78 is 5.34. The molecule has 0 amide bonds. The van der Waals surface area contributed by atoms with Crippen molar-refractivity contribution in [3.05, 3.63) is 36.8 Å². The van der Waals surface area contributed by atoms with Gasteiger partial charge < -0.3 is 20.5 Å². The van der Waals surface area contributed by atoms with E-state index >= 15 is 0 Å². The van der Waals surface area contributed by atoms with E-state index in [4.69, 9.17) is 15.1 Å². The number of aromatic amines is 1. The van der Waals surface area contributed by atoms with Crippen molar-refractivity contribution >= 4 is 22.7 Å². The van der Waals surface area contributed by atoms with Crippen LogP contribution in [0.25, 0.3) is 33.6 Å². The number of anilines is 2. The number of nitrogen functional groups attached to an aromatic ring is 1. The molecule has 1 aliphatic carbocycles. The van der Waals surface area contributed by atoms with Crippen LogP contribution in [0.3, 0.4) is 0 Å². The van der Waals surface area contributed by atoms with Crippen LogP contribution in [0.5, 0.6) is 0 Å². The summed E-state index contributed by atoms with van der Waals surface area (Å²) in [6.45, 7) is 0. The van der Waals surface area contributed by atoms with Crippen LogP contribution in [0.4, 0.5) is 11.8 Å². The van der Waals surface area contributed by atoms with Crippen LogP contribution in [-0.2, 0) is 0 Å². The van der Waals surface area contributed by atoms with Crippen LogP contribution in [0, 0.1) is 0 Å². The quantitative estimate of drug-likeness (QED) is 0.508. The van der Waals surface area contributed by atoms with E-state index in [9.17, 15) is 0 Å². The molecule has 4 aromatic rings. The summed E-state index contributed by atoms with van der Waals surface area (Å²) in [6.07, 6.45) is 10.4. The Balaban J connectivity index is 1.52. The topological polar surface area (TPSA) is 119 Å². The number of benzene rings is 1. The lowest BCUT2D eigenvalue weighted by Crippen LogP contribution is -2.15. The molecule has 0 saturated heterocycles. The summed E-state index contributed by atoms with van der Waals surface area (Å²) in [5, 5.41) is 12.2. The third-order valence-corrected chi connectivity index (χ3v) is 4.99. The molecule has 1 aliphatic rings. The van der Waals surface area contributed by atoms with Crippen molar-refractivity contribution in [2.45, 2.75) is 31.7 Å². The Hall–Kier alpha value is -3.42. The lowest BCUT2D eigenvalue weighted by molar-refractivity contribution is 0.590. The monoisotopic (exact) mass is 361 g/mol. The number of aromatic nitrogens is 5. The van der Waals surface area contributed by atoms with Gasteiger partial charge in [0.2, 0.25) is 5.89 Å². The second kappa shape index (κ2) is 6.39. The molecule has 0 radical (unpaired) electrons. The first-order chi connectivity index (χ1) is 13.3. The highest BCUT2D eigenvalue weighted by molar-refractivity contribution is 5.96. The average Bonchev–Trinajstić information content (AvgIpc) is 3.42. The molecular formula is C19H19N7O. The van der Waals surface area contributed by atoms with Gasteiger partial charge in [-0.05, 0) is 31.0 Å². The number of rotatable bonds is 4. The van der Waals surface area contributed by atoms with E-state index < -0.39 is 0 Å². The average molecular weight is 361 g/mol. The summed E-state index contributed by atoms with van der Waals surface area (Å²) in [6, 6.07) is 6.43. The SMILES string of the molecule is Nc1nnc(-c2ccc3[nH]cc(-c4cncc(NC5CCCC5)n4)c3c2)o1. The highest BCUT2D eigenvalue weighted by atomic mass is 16.4. The Morgan fingerprint density at radius 2 is 2.04 bits per heavy atom. The molecule has 3 aromatic heterocycles. The van der Waals surface area contributed by atoms with E-state index in [1.54, 1.807) is 12.4 Å². The van der Waals surface area contributed by atoms with Crippen molar-refractivity contribution in [1.82, 2.24) is 25.1 Å². The molecule has 0 atom stereocenters. The highest BCUT2D eigenvalue weighted by Crippen LogP contribution is 2.31. The van der Waals surface area contributed by atoms with Crippen LogP contribution in [0.2, 0.25) is 0 Å². The maximum Gasteiger partial charge on any atom is 0.313 e. The lowest BCUT2D eigenvalue weighted by atomic mass is 10.1. The van der Waals surface area contributed by atoms with Gasteiger partial charge in [0.1, 0.15) is 5.82 Å². The molecule has 3 heterocycles. The number of nitrogens with one attached hydrogen (secondary N) is 2. The van der Waals surface area contributed by atoms with Gasteiger partial charge in [0.05, 0.1) is 18.1 Å². The first kappa shape index (κ1) is 15.8. The normalized spacial score (nSPS) is 14.8. The van der Waals surface area contributed by atoms with E-state index in [-0.39, 0.29) is 6.01 Å². The van der Waals surface area contributed by atoms with E-state index in [0.717, 1.165) is 33.5 Å². The Morgan fingerprint density at radius 1 is 1.15 bits per heavy atom. The minimum absolute atomic E-state index is 0.0518. The molecule has 1 saturated carbocycles. The number of hydrogen-bond donors (Lipinski definition) is 3. The molecule has 0 spiro atoms. The van der Waals surface area contributed by atoms with Crippen molar-refractivity contribution < 1.29 is 4.42 Å². The molecule has 0 aliphatic heterocycles. The molecule has 5 rings (SSSR count). The zero-order valence-electron chi connectivity index (χ0n) is 14.6. The van der Waals surface area contributed by atoms with Gasteiger partial charge in [0.15, 0.2) is 0 Å². The smallest absolute Gasteiger partial charge is 0.313 e. The fourth-order valence-electron chi connectivity index (χ4n) is 3.66. The molecule has 0 bridgehead atoms. The second-order valence-corrected chi connectivity index (χ2v) is 6.82. The molecule has 0 unspecified atom stereocenters.